The number of aryl methyl sites for hydroxylation is 1. The zero-order valence-electron chi connectivity index (χ0n) is 10.8. The average molecular weight is 291 g/mol. The molecule has 0 fully saturated rings. The Morgan fingerprint density at radius 2 is 2.20 bits per heavy atom. The fourth-order valence-corrected chi connectivity index (χ4v) is 2.14. The first-order chi connectivity index (χ1) is 9.65. The first-order valence-corrected chi connectivity index (χ1v) is 6.67. The lowest BCUT2D eigenvalue weighted by Gasteiger charge is -2.01. The van der Waals surface area contributed by atoms with Gasteiger partial charge in [0.2, 0.25) is 0 Å². The Bertz CT molecular complexity index is 617. The molecule has 0 saturated heterocycles. The molecule has 0 unspecified atom stereocenters. The highest BCUT2D eigenvalue weighted by molar-refractivity contribution is 7.13. The second kappa shape index (κ2) is 6.67. The van der Waals surface area contributed by atoms with E-state index in [-0.39, 0.29) is 6.54 Å². The summed E-state index contributed by atoms with van der Waals surface area (Å²) in [5.41, 5.74) is 2.16. The van der Waals surface area contributed by atoms with Crippen LogP contribution in [0.2, 0.25) is 0 Å². The van der Waals surface area contributed by atoms with Gasteiger partial charge in [-0.05, 0) is 31.2 Å². The summed E-state index contributed by atoms with van der Waals surface area (Å²) in [6, 6.07) is 7.24. The van der Waals surface area contributed by atoms with Crippen molar-refractivity contribution in [2.45, 2.75) is 13.5 Å². The van der Waals surface area contributed by atoms with Gasteiger partial charge in [0.05, 0.1) is 19.0 Å². The molecular formula is C13H13N3O3S. The molecular weight excluding hydrogens is 278 g/mol. The zero-order chi connectivity index (χ0) is 14.4. The second-order valence-corrected chi connectivity index (χ2v) is 5.23. The summed E-state index contributed by atoms with van der Waals surface area (Å²) >= 11 is 1.54. The molecule has 2 rings (SSSR count). The number of amides is 2. The Morgan fingerprint density at radius 3 is 2.85 bits per heavy atom. The molecule has 7 heteroatoms. The smallest absolute Gasteiger partial charge is 0.329 e. The third kappa shape index (κ3) is 4.06. The number of hydrogen-bond acceptors (Lipinski definition) is 5. The van der Waals surface area contributed by atoms with Gasteiger partial charge in [0.15, 0.2) is 0 Å². The fraction of sp³-hybridized carbons (Fsp3) is 0.154. The van der Waals surface area contributed by atoms with Gasteiger partial charge in [0.25, 0.3) is 0 Å². The van der Waals surface area contributed by atoms with Crippen LogP contribution in [0.5, 0.6) is 0 Å². The number of carbonyl (C=O) groups excluding carboxylic acids is 2. The molecule has 2 heterocycles. The molecule has 2 amide bonds. The van der Waals surface area contributed by atoms with Gasteiger partial charge in [-0.3, -0.25) is 9.59 Å². The van der Waals surface area contributed by atoms with Crippen LogP contribution in [0, 0.1) is 6.92 Å². The highest BCUT2D eigenvalue weighted by atomic mass is 32.1. The van der Waals surface area contributed by atoms with Crippen molar-refractivity contribution in [3.05, 3.63) is 46.0 Å². The Labute approximate surface area is 119 Å². The maximum atomic E-state index is 11.4. The van der Waals surface area contributed by atoms with Crippen molar-refractivity contribution in [2.24, 2.45) is 5.10 Å². The quantitative estimate of drug-likeness (QED) is 0.507. The molecule has 0 saturated carbocycles. The van der Waals surface area contributed by atoms with Gasteiger partial charge in [-0.1, -0.05) is 0 Å². The van der Waals surface area contributed by atoms with Crippen LogP contribution in [0.25, 0.3) is 0 Å². The first-order valence-electron chi connectivity index (χ1n) is 5.85. The topological polar surface area (TPSA) is 83.7 Å². The van der Waals surface area contributed by atoms with Gasteiger partial charge in [-0.15, -0.1) is 11.3 Å². The van der Waals surface area contributed by atoms with Crippen molar-refractivity contribution in [3.63, 3.8) is 0 Å². The van der Waals surface area contributed by atoms with Crippen LogP contribution in [0.1, 0.15) is 15.5 Å². The lowest BCUT2D eigenvalue weighted by molar-refractivity contribution is -0.139. The van der Waals surface area contributed by atoms with E-state index < -0.39 is 11.8 Å². The Hall–Kier alpha value is -2.41. The Balaban J connectivity index is 1.76. The van der Waals surface area contributed by atoms with Crippen molar-refractivity contribution in [1.82, 2.24) is 10.7 Å². The molecule has 0 aromatic carbocycles. The summed E-state index contributed by atoms with van der Waals surface area (Å²) in [5, 5.41) is 6.14. The normalized spacial score (nSPS) is 10.7. The third-order valence-corrected chi connectivity index (χ3v) is 3.26. The molecule has 2 N–H and O–H groups in total. The Morgan fingerprint density at radius 1 is 1.35 bits per heavy atom. The minimum atomic E-state index is -0.818. The van der Waals surface area contributed by atoms with Crippen LogP contribution in [-0.4, -0.2) is 18.0 Å². The van der Waals surface area contributed by atoms with E-state index in [1.54, 1.807) is 23.5 Å². The van der Waals surface area contributed by atoms with Gasteiger partial charge >= 0.3 is 11.8 Å². The van der Waals surface area contributed by atoms with Crippen molar-refractivity contribution in [3.8, 4) is 0 Å². The lowest BCUT2D eigenvalue weighted by atomic mass is 10.4. The van der Waals surface area contributed by atoms with E-state index in [2.05, 4.69) is 15.8 Å². The Kier molecular flexibility index (Phi) is 4.67. The molecule has 0 spiro atoms. The highest BCUT2D eigenvalue weighted by Gasteiger charge is 2.12. The van der Waals surface area contributed by atoms with E-state index in [1.165, 1.54) is 12.5 Å². The number of carbonyl (C=O) groups is 2. The number of hydrazone groups is 1. The monoisotopic (exact) mass is 291 g/mol. The first kappa shape index (κ1) is 14.0. The highest BCUT2D eigenvalue weighted by Crippen LogP contribution is 2.12. The predicted molar refractivity (Wildman–Crippen MR) is 75.3 cm³/mol. The maximum absolute atomic E-state index is 11.4. The molecule has 2 aromatic heterocycles. The SMILES string of the molecule is Cc1ccc(/C=N/NC(=O)C(=O)NCc2ccco2)s1. The van der Waals surface area contributed by atoms with Gasteiger partial charge in [0.1, 0.15) is 5.76 Å². The molecule has 0 aliphatic heterocycles. The van der Waals surface area contributed by atoms with Crippen LogP contribution in [0.15, 0.2) is 40.0 Å². The van der Waals surface area contributed by atoms with Crippen LogP contribution in [0.4, 0.5) is 0 Å². The van der Waals surface area contributed by atoms with E-state index in [1.807, 2.05) is 19.1 Å². The molecule has 104 valence electrons. The van der Waals surface area contributed by atoms with Gasteiger partial charge in [-0.2, -0.15) is 5.10 Å². The van der Waals surface area contributed by atoms with E-state index in [0.717, 1.165) is 9.75 Å². The summed E-state index contributed by atoms with van der Waals surface area (Å²) in [7, 11) is 0. The summed E-state index contributed by atoms with van der Waals surface area (Å²) in [4.78, 5) is 24.9. The molecule has 0 radical (unpaired) electrons. The molecule has 20 heavy (non-hydrogen) atoms. The number of thiophene rings is 1. The van der Waals surface area contributed by atoms with E-state index in [4.69, 9.17) is 4.42 Å². The number of nitrogens with one attached hydrogen (secondary N) is 2. The second-order valence-electron chi connectivity index (χ2n) is 3.91. The minimum Gasteiger partial charge on any atom is -0.467 e. The van der Waals surface area contributed by atoms with Crippen LogP contribution in [-0.2, 0) is 16.1 Å². The maximum Gasteiger partial charge on any atom is 0.329 e. The largest absolute Gasteiger partial charge is 0.467 e. The number of hydrogen-bond donors (Lipinski definition) is 2. The van der Waals surface area contributed by atoms with Crippen molar-refractivity contribution in [2.75, 3.05) is 0 Å². The van der Waals surface area contributed by atoms with Gasteiger partial charge in [-0.25, -0.2) is 5.43 Å². The fourth-order valence-electron chi connectivity index (χ4n) is 1.39. The van der Waals surface area contributed by atoms with E-state index in [0.29, 0.717) is 5.76 Å². The summed E-state index contributed by atoms with van der Waals surface area (Å²) < 4.78 is 5.03. The predicted octanol–water partition coefficient (Wildman–Crippen LogP) is 1.42. The standard InChI is InChI=1S/C13H13N3O3S/c1-9-4-5-11(20-9)8-15-16-13(18)12(17)14-7-10-3-2-6-19-10/h2-6,8H,7H2,1H3,(H,14,17)(H,16,18)/b15-8+. The molecule has 0 aliphatic rings. The average Bonchev–Trinajstić information content (AvgIpc) is 3.07. The van der Waals surface area contributed by atoms with Crippen LogP contribution < -0.4 is 10.7 Å². The van der Waals surface area contributed by atoms with Crippen LogP contribution in [0.3, 0.4) is 0 Å². The van der Waals surface area contributed by atoms with Crippen molar-refractivity contribution in [1.29, 1.82) is 0 Å². The molecule has 0 atom stereocenters. The van der Waals surface area contributed by atoms with E-state index >= 15 is 0 Å². The third-order valence-electron chi connectivity index (χ3n) is 2.33. The number of furan rings is 1. The number of rotatable bonds is 4. The van der Waals surface area contributed by atoms with Gasteiger partial charge < -0.3 is 9.73 Å². The minimum absolute atomic E-state index is 0.160. The summed E-state index contributed by atoms with van der Waals surface area (Å²) in [5.74, 6) is -1.01. The van der Waals surface area contributed by atoms with Crippen LogP contribution >= 0.6 is 11.3 Å². The number of nitrogens with zero attached hydrogens (tertiary/aromatic N) is 1. The molecule has 0 aliphatic carbocycles. The zero-order valence-corrected chi connectivity index (χ0v) is 11.6. The van der Waals surface area contributed by atoms with E-state index in [9.17, 15) is 9.59 Å². The van der Waals surface area contributed by atoms with Crippen molar-refractivity contribution >= 4 is 29.4 Å². The molecule has 6 nitrogen and oxygen atoms in total. The molecule has 0 bridgehead atoms. The lowest BCUT2D eigenvalue weighted by Crippen LogP contribution is -2.37. The van der Waals surface area contributed by atoms with Gasteiger partial charge in [0, 0.05) is 9.75 Å². The summed E-state index contributed by atoms with van der Waals surface area (Å²) in [6.07, 6.45) is 2.99. The molecule has 2 aromatic rings. The summed E-state index contributed by atoms with van der Waals surface area (Å²) in [6.45, 7) is 2.13. The van der Waals surface area contributed by atoms with Crippen molar-refractivity contribution < 1.29 is 14.0 Å².